The molecule has 1 saturated heterocycles. The quantitative estimate of drug-likeness (QED) is 0.621. The van der Waals surface area contributed by atoms with Gasteiger partial charge in [0.15, 0.2) is 11.5 Å². The number of H-pyrrole nitrogens is 1. The van der Waals surface area contributed by atoms with Gasteiger partial charge in [0.2, 0.25) is 6.79 Å². The molecule has 3 N–H and O–H groups in total. The van der Waals surface area contributed by atoms with E-state index in [1.54, 1.807) is 30.2 Å². The number of amides is 3. The van der Waals surface area contributed by atoms with Crippen molar-refractivity contribution in [2.45, 2.75) is 18.8 Å². The third kappa shape index (κ3) is 4.33. The van der Waals surface area contributed by atoms with Crippen LogP contribution in [0.25, 0.3) is 0 Å². The van der Waals surface area contributed by atoms with Crippen molar-refractivity contribution in [3.8, 4) is 11.5 Å². The van der Waals surface area contributed by atoms with Crippen molar-refractivity contribution in [3.05, 3.63) is 35.7 Å². The zero-order valence-corrected chi connectivity index (χ0v) is 16.8. The van der Waals surface area contributed by atoms with Crippen molar-refractivity contribution in [2.75, 3.05) is 45.5 Å². The summed E-state index contributed by atoms with van der Waals surface area (Å²) >= 11 is 0. The Labute approximate surface area is 173 Å². The van der Waals surface area contributed by atoms with Gasteiger partial charge in [-0.1, -0.05) is 0 Å². The molecule has 0 unspecified atom stereocenters. The van der Waals surface area contributed by atoms with Crippen LogP contribution < -0.4 is 20.1 Å². The average molecular weight is 415 g/mol. The predicted octanol–water partition coefficient (Wildman–Crippen LogP) is 1.93. The van der Waals surface area contributed by atoms with Crippen molar-refractivity contribution < 1.29 is 23.8 Å². The van der Waals surface area contributed by atoms with Crippen molar-refractivity contribution >= 4 is 17.6 Å². The lowest BCUT2D eigenvalue weighted by Gasteiger charge is -2.32. The van der Waals surface area contributed by atoms with E-state index in [1.165, 1.54) is 6.20 Å². The molecular formula is C20H25N5O5. The van der Waals surface area contributed by atoms with E-state index in [-0.39, 0.29) is 24.6 Å². The van der Waals surface area contributed by atoms with Gasteiger partial charge in [0.1, 0.15) is 0 Å². The molecule has 10 nitrogen and oxygen atoms in total. The number of rotatable bonds is 6. The highest BCUT2D eigenvalue weighted by atomic mass is 16.7. The molecule has 1 fully saturated rings. The van der Waals surface area contributed by atoms with Gasteiger partial charge in [-0.3, -0.25) is 9.89 Å². The molecule has 10 heteroatoms. The number of benzene rings is 1. The number of hydrogen-bond donors (Lipinski definition) is 3. The van der Waals surface area contributed by atoms with E-state index in [0.29, 0.717) is 49.0 Å². The van der Waals surface area contributed by atoms with E-state index in [2.05, 4.69) is 20.8 Å². The highest BCUT2D eigenvalue weighted by Crippen LogP contribution is 2.34. The van der Waals surface area contributed by atoms with Crippen LogP contribution in [-0.2, 0) is 4.74 Å². The number of nitrogens with zero attached hydrogens (tertiary/aromatic N) is 2. The molecule has 0 saturated carbocycles. The summed E-state index contributed by atoms with van der Waals surface area (Å²) in [6, 6.07) is 5.11. The van der Waals surface area contributed by atoms with Crippen LogP contribution in [0.1, 0.15) is 34.8 Å². The second-order valence-electron chi connectivity index (χ2n) is 7.23. The highest BCUT2D eigenvalue weighted by molar-refractivity contribution is 5.95. The fourth-order valence-electron chi connectivity index (χ4n) is 3.72. The van der Waals surface area contributed by atoms with E-state index in [4.69, 9.17) is 14.2 Å². The number of aromatic amines is 1. The minimum atomic E-state index is -0.197. The van der Waals surface area contributed by atoms with Gasteiger partial charge >= 0.3 is 6.03 Å². The number of piperidine rings is 1. The van der Waals surface area contributed by atoms with Gasteiger partial charge in [0.05, 0.1) is 24.1 Å². The molecule has 0 radical (unpaired) electrons. The lowest BCUT2D eigenvalue weighted by Crippen LogP contribution is -2.42. The van der Waals surface area contributed by atoms with Crippen LogP contribution in [0.15, 0.2) is 24.4 Å². The largest absolute Gasteiger partial charge is 0.454 e. The van der Waals surface area contributed by atoms with Gasteiger partial charge < -0.3 is 29.7 Å². The molecule has 0 spiro atoms. The lowest BCUT2D eigenvalue weighted by molar-refractivity contribution is 0.0935. The van der Waals surface area contributed by atoms with Crippen LogP contribution in [0.2, 0.25) is 0 Å². The standard InChI is InChI=1S/C20H25N5O5/c1-28-8-6-21-19(26)15-10-22-24-18(15)13-3-2-7-25(11-13)20(27)23-14-4-5-16-17(9-14)30-12-29-16/h4-5,9-10,13H,2-3,6-8,11-12H2,1H3,(H,21,26)(H,22,24)(H,23,27)/t13-/m0/s1. The fraction of sp³-hybridized carbons (Fsp3) is 0.450. The number of aromatic nitrogens is 2. The molecule has 1 atom stereocenters. The van der Waals surface area contributed by atoms with Gasteiger partial charge in [-0.05, 0) is 25.0 Å². The Morgan fingerprint density at radius 1 is 1.33 bits per heavy atom. The molecule has 1 aromatic heterocycles. The third-order valence-corrected chi connectivity index (χ3v) is 5.25. The molecule has 1 aromatic carbocycles. The van der Waals surface area contributed by atoms with Crippen LogP contribution in [0.5, 0.6) is 11.5 Å². The number of hydrogen-bond acceptors (Lipinski definition) is 6. The maximum absolute atomic E-state index is 12.8. The van der Waals surface area contributed by atoms with Crippen molar-refractivity contribution in [3.63, 3.8) is 0 Å². The summed E-state index contributed by atoms with van der Waals surface area (Å²) in [6.45, 7) is 2.20. The smallest absolute Gasteiger partial charge is 0.321 e. The zero-order valence-electron chi connectivity index (χ0n) is 16.8. The van der Waals surface area contributed by atoms with E-state index >= 15 is 0 Å². The first-order valence-electron chi connectivity index (χ1n) is 9.91. The second kappa shape index (κ2) is 9.04. The molecule has 3 amide bonds. The summed E-state index contributed by atoms with van der Waals surface area (Å²) in [4.78, 5) is 27.0. The number of urea groups is 1. The first kappa shape index (κ1) is 20.0. The maximum Gasteiger partial charge on any atom is 0.321 e. The first-order chi connectivity index (χ1) is 14.7. The first-order valence-corrected chi connectivity index (χ1v) is 9.91. The van der Waals surface area contributed by atoms with E-state index < -0.39 is 0 Å². The van der Waals surface area contributed by atoms with E-state index in [9.17, 15) is 9.59 Å². The monoisotopic (exact) mass is 415 g/mol. The van der Waals surface area contributed by atoms with Crippen LogP contribution in [0.3, 0.4) is 0 Å². The summed E-state index contributed by atoms with van der Waals surface area (Å²) in [7, 11) is 1.58. The average Bonchev–Trinajstić information content (AvgIpc) is 3.43. The van der Waals surface area contributed by atoms with Crippen molar-refractivity contribution in [2.24, 2.45) is 0 Å². The number of ether oxygens (including phenoxy) is 3. The minimum Gasteiger partial charge on any atom is -0.454 e. The molecule has 3 heterocycles. The van der Waals surface area contributed by atoms with Gasteiger partial charge in [-0.25, -0.2) is 4.79 Å². The zero-order chi connectivity index (χ0) is 20.9. The fourth-order valence-corrected chi connectivity index (χ4v) is 3.72. The minimum absolute atomic E-state index is 0.00642. The maximum atomic E-state index is 12.8. The van der Waals surface area contributed by atoms with Gasteiger partial charge in [0.25, 0.3) is 5.91 Å². The number of nitrogens with one attached hydrogen (secondary N) is 3. The van der Waals surface area contributed by atoms with Gasteiger partial charge in [0, 0.05) is 44.4 Å². The second-order valence-corrected chi connectivity index (χ2v) is 7.23. The summed E-state index contributed by atoms with van der Waals surface area (Å²) in [5, 5.41) is 12.7. The van der Waals surface area contributed by atoms with Crippen LogP contribution in [0.4, 0.5) is 10.5 Å². The Hall–Kier alpha value is -3.27. The van der Waals surface area contributed by atoms with Gasteiger partial charge in [-0.15, -0.1) is 0 Å². The van der Waals surface area contributed by atoms with Crippen LogP contribution >= 0.6 is 0 Å². The number of carbonyl (C=O) groups excluding carboxylic acids is 2. The summed E-state index contributed by atoms with van der Waals surface area (Å²) in [5.41, 5.74) is 1.91. The Morgan fingerprint density at radius 3 is 3.07 bits per heavy atom. The van der Waals surface area contributed by atoms with Crippen LogP contribution in [-0.4, -0.2) is 67.2 Å². The molecule has 2 aromatic rings. The Bertz CT molecular complexity index is 915. The van der Waals surface area contributed by atoms with E-state index in [1.807, 2.05) is 0 Å². The molecule has 0 aliphatic carbocycles. The summed E-state index contributed by atoms with van der Waals surface area (Å²) in [5.74, 6) is 1.09. The summed E-state index contributed by atoms with van der Waals surface area (Å²) in [6.07, 6.45) is 3.24. The van der Waals surface area contributed by atoms with Crippen molar-refractivity contribution in [1.82, 2.24) is 20.4 Å². The van der Waals surface area contributed by atoms with E-state index in [0.717, 1.165) is 18.5 Å². The molecule has 0 bridgehead atoms. The summed E-state index contributed by atoms with van der Waals surface area (Å²) < 4.78 is 15.6. The molecule has 30 heavy (non-hydrogen) atoms. The van der Waals surface area contributed by atoms with Crippen LogP contribution in [0, 0.1) is 0 Å². The number of fused-ring (bicyclic) bond motifs is 1. The third-order valence-electron chi connectivity index (χ3n) is 5.25. The molecule has 2 aliphatic rings. The molecular weight excluding hydrogens is 390 g/mol. The normalized spacial score (nSPS) is 17.6. The van der Waals surface area contributed by atoms with Gasteiger partial charge in [-0.2, -0.15) is 5.10 Å². The predicted molar refractivity (Wildman–Crippen MR) is 108 cm³/mol. The Balaban J connectivity index is 1.39. The topological polar surface area (TPSA) is 118 Å². The number of likely N-dealkylation sites (tertiary alicyclic amines) is 1. The SMILES string of the molecule is COCCNC(=O)c1cn[nH]c1[C@H]1CCCN(C(=O)Nc2ccc3c(c2)OCO3)C1. The number of carbonyl (C=O) groups is 2. The number of anilines is 1. The molecule has 2 aliphatic heterocycles. The highest BCUT2D eigenvalue weighted by Gasteiger charge is 2.29. The number of methoxy groups -OCH3 is 1. The Kier molecular flexibility index (Phi) is 6.03. The molecule has 4 rings (SSSR count). The lowest BCUT2D eigenvalue weighted by atomic mass is 9.92. The molecule has 160 valence electrons. The van der Waals surface area contributed by atoms with Crippen molar-refractivity contribution in [1.29, 1.82) is 0 Å². The Morgan fingerprint density at radius 2 is 2.20 bits per heavy atom.